The lowest BCUT2D eigenvalue weighted by Crippen LogP contribution is -2.52. The number of rotatable bonds is 9. The van der Waals surface area contributed by atoms with E-state index in [1.54, 1.807) is 17.0 Å². The Hall–Kier alpha value is -2.73. The lowest BCUT2D eigenvalue weighted by atomic mass is 10.0. The van der Waals surface area contributed by atoms with Gasteiger partial charge in [-0.15, -0.1) is 0 Å². The minimum Gasteiger partial charge on any atom is -0.376 e. The number of hydrogen-bond acceptors (Lipinski definition) is 3. The van der Waals surface area contributed by atoms with Crippen molar-refractivity contribution in [2.75, 3.05) is 13.2 Å². The van der Waals surface area contributed by atoms with Crippen LogP contribution >= 0.6 is 0 Å². The first-order chi connectivity index (χ1) is 14.9. The third-order valence-electron chi connectivity index (χ3n) is 5.52. The topological polar surface area (TPSA) is 58.6 Å². The van der Waals surface area contributed by atoms with Crippen LogP contribution in [-0.2, 0) is 27.3 Å². The monoisotopic (exact) mass is 426 g/mol. The zero-order valence-corrected chi connectivity index (χ0v) is 18.2. The van der Waals surface area contributed by atoms with Gasteiger partial charge < -0.3 is 15.0 Å². The van der Waals surface area contributed by atoms with Crippen LogP contribution in [0.5, 0.6) is 0 Å². The van der Waals surface area contributed by atoms with E-state index in [0.29, 0.717) is 13.0 Å². The van der Waals surface area contributed by atoms with Gasteiger partial charge in [0, 0.05) is 32.0 Å². The van der Waals surface area contributed by atoms with Gasteiger partial charge in [0.1, 0.15) is 11.9 Å². The molecule has 1 fully saturated rings. The van der Waals surface area contributed by atoms with Crippen LogP contribution in [0.3, 0.4) is 0 Å². The van der Waals surface area contributed by atoms with Crippen molar-refractivity contribution in [2.24, 2.45) is 5.92 Å². The third-order valence-corrected chi connectivity index (χ3v) is 5.52. The van der Waals surface area contributed by atoms with E-state index in [1.807, 2.05) is 44.2 Å². The second-order valence-electron chi connectivity index (χ2n) is 8.33. The Labute approximate surface area is 183 Å². The Balaban J connectivity index is 1.85. The smallest absolute Gasteiger partial charge is 0.243 e. The van der Waals surface area contributed by atoms with Crippen LogP contribution in [-0.4, -0.2) is 42.0 Å². The number of nitrogens with zero attached hydrogens (tertiary/aromatic N) is 1. The summed E-state index contributed by atoms with van der Waals surface area (Å²) < 4.78 is 19.0. The molecule has 0 saturated carbocycles. The van der Waals surface area contributed by atoms with Gasteiger partial charge in [-0.3, -0.25) is 9.59 Å². The van der Waals surface area contributed by atoms with Gasteiger partial charge in [0.05, 0.1) is 6.10 Å². The van der Waals surface area contributed by atoms with E-state index in [2.05, 4.69) is 5.32 Å². The Kier molecular flexibility index (Phi) is 8.18. The molecule has 0 unspecified atom stereocenters. The predicted molar refractivity (Wildman–Crippen MR) is 118 cm³/mol. The molecule has 31 heavy (non-hydrogen) atoms. The molecule has 1 saturated heterocycles. The summed E-state index contributed by atoms with van der Waals surface area (Å²) in [5, 5.41) is 3.00. The van der Waals surface area contributed by atoms with Crippen molar-refractivity contribution in [2.45, 2.75) is 51.8 Å². The summed E-state index contributed by atoms with van der Waals surface area (Å²) in [5.41, 5.74) is 1.75. The van der Waals surface area contributed by atoms with Gasteiger partial charge in [-0.1, -0.05) is 56.3 Å². The van der Waals surface area contributed by atoms with E-state index in [4.69, 9.17) is 4.74 Å². The maximum absolute atomic E-state index is 13.4. The van der Waals surface area contributed by atoms with E-state index >= 15 is 0 Å². The van der Waals surface area contributed by atoms with E-state index in [1.165, 1.54) is 12.1 Å². The molecule has 1 heterocycles. The van der Waals surface area contributed by atoms with Crippen molar-refractivity contribution in [1.82, 2.24) is 10.2 Å². The van der Waals surface area contributed by atoms with Crippen molar-refractivity contribution in [1.29, 1.82) is 0 Å². The van der Waals surface area contributed by atoms with Crippen LogP contribution in [0, 0.1) is 11.7 Å². The molecule has 2 amide bonds. The molecule has 6 heteroatoms. The summed E-state index contributed by atoms with van der Waals surface area (Å²) in [5.74, 6) is -0.918. The number of carbonyl (C=O) groups is 2. The molecular formula is C25H31FN2O3. The molecule has 1 N–H and O–H groups in total. The Morgan fingerprint density at radius 1 is 1.10 bits per heavy atom. The molecule has 166 valence electrons. The maximum Gasteiger partial charge on any atom is 0.243 e. The average molecular weight is 427 g/mol. The first-order valence-electron chi connectivity index (χ1n) is 10.9. The SMILES string of the molecule is CC(C)C(=O)N(Cc1ccc(F)cc1)[C@@H](Cc1ccccc1)C(=O)NC[C@@H]1CCCO1. The largest absolute Gasteiger partial charge is 0.376 e. The first-order valence-corrected chi connectivity index (χ1v) is 10.9. The van der Waals surface area contributed by atoms with Crippen LogP contribution in [0.1, 0.15) is 37.8 Å². The van der Waals surface area contributed by atoms with Gasteiger partial charge in [-0.05, 0) is 36.1 Å². The highest BCUT2D eigenvalue weighted by atomic mass is 19.1. The highest BCUT2D eigenvalue weighted by Gasteiger charge is 2.32. The van der Waals surface area contributed by atoms with Gasteiger partial charge in [-0.25, -0.2) is 4.39 Å². The van der Waals surface area contributed by atoms with Crippen molar-refractivity contribution >= 4 is 11.8 Å². The minimum absolute atomic E-state index is 0.0210. The summed E-state index contributed by atoms with van der Waals surface area (Å²) >= 11 is 0. The molecule has 5 nitrogen and oxygen atoms in total. The normalized spacial score (nSPS) is 16.8. The second-order valence-corrected chi connectivity index (χ2v) is 8.33. The molecule has 1 aliphatic rings. The van der Waals surface area contributed by atoms with Crippen LogP contribution in [0.4, 0.5) is 4.39 Å². The van der Waals surface area contributed by atoms with Crippen molar-refractivity contribution in [3.63, 3.8) is 0 Å². The lowest BCUT2D eigenvalue weighted by Gasteiger charge is -2.33. The molecule has 0 spiro atoms. The van der Waals surface area contributed by atoms with Crippen molar-refractivity contribution < 1.29 is 18.7 Å². The number of ether oxygens (including phenoxy) is 1. The van der Waals surface area contributed by atoms with Gasteiger partial charge >= 0.3 is 0 Å². The second kappa shape index (κ2) is 11.0. The maximum atomic E-state index is 13.4. The zero-order chi connectivity index (χ0) is 22.2. The number of halogens is 1. The molecule has 2 aromatic carbocycles. The Morgan fingerprint density at radius 3 is 2.42 bits per heavy atom. The quantitative estimate of drug-likeness (QED) is 0.665. The minimum atomic E-state index is -0.677. The van der Waals surface area contributed by atoms with Gasteiger partial charge in [-0.2, -0.15) is 0 Å². The van der Waals surface area contributed by atoms with Gasteiger partial charge in [0.15, 0.2) is 0 Å². The van der Waals surface area contributed by atoms with Gasteiger partial charge in [0.2, 0.25) is 11.8 Å². The fourth-order valence-electron chi connectivity index (χ4n) is 3.78. The third kappa shape index (κ3) is 6.62. The van der Waals surface area contributed by atoms with Crippen molar-refractivity contribution in [3.05, 3.63) is 71.5 Å². The van der Waals surface area contributed by atoms with E-state index < -0.39 is 6.04 Å². The van der Waals surface area contributed by atoms with E-state index in [0.717, 1.165) is 30.6 Å². The molecule has 0 aromatic heterocycles. The van der Waals surface area contributed by atoms with E-state index in [-0.39, 0.29) is 36.2 Å². The highest BCUT2D eigenvalue weighted by Crippen LogP contribution is 2.18. The molecule has 1 aliphatic heterocycles. The molecule has 0 radical (unpaired) electrons. The molecule has 3 rings (SSSR count). The van der Waals surface area contributed by atoms with E-state index in [9.17, 15) is 14.0 Å². The number of amides is 2. The summed E-state index contributed by atoms with van der Waals surface area (Å²) in [4.78, 5) is 28.1. The molecular weight excluding hydrogens is 395 g/mol. The molecule has 0 bridgehead atoms. The molecule has 2 atom stereocenters. The van der Waals surface area contributed by atoms with Crippen LogP contribution in [0.2, 0.25) is 0 Å². The number of carbonyl (C=O) groups excluding carboxylic acids is 2. The highest BCUT2D eigenvalue weighted by molar-refractivity contribution is 5.88. The Bertz CT molecular complexity index is 849. The van der Waals surface area contributed by atoms with Crippen molar-refractivity contribution in [3.8, 4) is 0 Å². The fraction of sp³-hybridized carbons (Fsp3) is 0.440. The molecule has 0 aliphatic carbocycles. The van der Waals surface area contributed by atoms with Crippen LogP contribution in [0.15, 0.2) is 54.6 Å². The standard InChI is InChI=1S/C25H31FN2O3/c1-18(2)25(30)28(17-20-10-12-21(26)13-11-20)23(15-19-7-4-3-5-8-19)24(29)27-16-22-9-6-14-31-22/h3-5,7-8,10-13,18,22-23H,6,9,14-17H2,1-2H3,(H,27,29)/t22-,23-/m0/s1. The fourth-order valence-corrected chi connectivity index (χ4v) is 3.78. The zero-order valence-electron chi connectivity index (χ0n) is 18.2. The first kappa shape index (κ1) is 22.9. The van der Waals surface area contributed by atoms with Crippen LogP contribution < -0.4 is 5.32 Å². The number of hydrogen-bond donors (Lipinski definition) is 1. The Morgan fingerprint density at radius 2 is 1.81 bits per heavy atom. The summed E-state index contributed by atoms with van der Waals surface area (Å²) in [6, 6.07) is 15.0. The summed E-state index contributed by atoms with van der Waals surface area (Å²) in [6.07, 6.45) is 2.34. The molecule has 2 aromatic rings. The lowest BCUT2D eigenvalue weighted by molar-refractivity contribution is -0.143. The van der Waals surface area contributed by atoms with Gasteiger partial charge in [0.25, 0.3) is 0 Å². The average Bonchev–Trinajstić information content (AvgIpc) is 3.29. The van der Waals surface area contributed by atoms with Crippen LogP contribution in [0.25, 0.3) is 0 Å². The summed E-state index contributed by atoms with van der Waals surface area (Å²) in [6.45, 7) is 5.04. The summed E-state index contributed by atoms with van der Waals surface area (Å²) in [7, 11) is 0. The number of benzene rings is 2. The predicted octanol–water partition coefficient (Wildman–Crippen LogP) is 3.72. The number of nitrogens with one attached hydrogen (secondary N) is 1.